The van der Waals surface area contributed by atoms with Gasteiger partial charge in [-0.3, -0.25) is 9.48 Å². The second kappa shape index (κ2) is 5.63. The number of rotatable bonds is 4. The van der Waals surface area contributed by atoms with Crippen LogP contribution >= 0.6 is 15.9 Å². The Kier molecular flexibility index (Phi) is 4.11. The number of ether oxygens (including phenoxy) is 1. The van der Waals surface area contributed by atoms with E-state index in [4.69, 9.17) is 10.5 Å². The fraction of sp³-hybridized carbons (Fsp3) is 0.308. The first-order chi connectivity index (χ1) is 9.04. The van der Waals surface area contributed by atoms with Crippen molar-refractivity contribution in [2.45, 2.75) is 13.2 Å². The SMILES string of the molecule is COCc1c(N)c(=O)n(Cc2ccc(Br)cc2)n1C. The second-order valence-corrected chi connectivity index (χ2v) is 5.22. The van der Waals surface area contributed by atoms with Gasteiger partial charge in [0.05, 0.1) is 18.8 Å². The van der Waals surface area contributed by atoms with Crippen LogP contribution in [0.5, 0.6) is 0 Å². The summed E-state index contributed by atoms with van der Waals surface area (Å²) in [5, 5.41) is 0. The smallest absolute Gasteiger partial charge is 0.290 e. The van der Waals surface area contributed by atoms with Crippen molar-refractivity contribution < 1.29 is 4.74 Å². The average Bonchev–Trinajstić information content (AvgIpc) is 2.59. The Labute approximate surface area is 119 Å². The number of hydrogen-bond donors (Lipinski definition) is 1. The molecule has 1 aromatic heterocycles. The van der Waals surface area contributed by atoms with Gasteiger partial charge in [0.25, 0.3) is 5.56 Å². The lowest BCUT2D eigenvalue weighted by molar-refractivity contribution is 0.177. The predicted molar refractivity (Wildman–Crippen MR) is 78.0 cm³/mol. The fourth-order valence-electron chi connectivity index (χ4n) is 1.97. The zero-order valence-electron chi connectivity index (χ0n) is 10.9. The molecule has 0 aliphatic heterocycles. The van der Waals surface area contributed by atoms with Crippen molar-refractivity contribution in [2.75, 3.05) is 12.8 Å². The van der Waals surface area contributed by atoms with E-state index in [1.807, 2.05) is 31.3 Å². The minimum atomic E-state index is -0.183. The van der Waals surface area contributed by atoms with Crippen molar-refractivity contribution in [3.63, 3.8) is 0 Å². The first-order valence-corrected chi connectivity index (χ1v) is 6.61. The first kappa shape index (κ1) is 13.9. The molecule has 0 unspecified atom stereocenters. The molecule has 2 aromatic rings. The Morgan fingerprint density at radius 2 is 1.95 bits per heavy atom. The van der Waals surface area contributed by atoms with Crippen LogP contribution in [0.4, 0.5) is 5.69 Å². The maximum Gasteiger partial charge on any atom is 0.290 e. The third-order valence-corrected chi connectivity index (χ3v) is 3.58. The lowest BCUT2D eigenvalue weighted by Crippen LogP contribution is -2.23. The Bertz CT molecular complexity index is 629. The molecule has 5 nitrogen and oxygen atoms in total. The Balaban J connectivity index is 2.38. The van der Waals surface area contributed by atoms with E-state index in [2.05, 4.69) is 15.9 Å². The van der Waals surface area contributed by atoms with Crippen molar-refractivity contribution in [2.24, 2.45) is 7.05 Å². The van der Waals surface area contributed by atoms with Gasteiger partial charge in [0, 0.05) is 18.6 Å². The number of benzene rings is 1. The topological polar surface area (TPSA) is 62.2 Å². The van der Waals surface area contributed by atoms with Crippen LogP contribution in [-0.2, 0) is 24.9 Å². The van der Waals surface area contributed by atoms with Crippen LogP contribution in [0, 0.1) is 0 Å². The van der Waals surface area contributed by atoms with Gasteiger partial charge in [-0.1, -0.05) is 28.1 Å². The number of aromatic nitrogens is 2. The van der Waals surface area contributed by atoms with Crippen molar-refractivity contribution >= 4 is 21.6 Å². The highest BCUT2D eigenvalue weighted by Gasteiger charge is 2.15. The molecule has 0 saturated carbocycles. The molecule has 1 aromatic carbocycles. The van der Waals surface area contributed by atoms with Crippen LogP contribution in [-0.4, -0.2) is 16.5 Å². The third kappa shape index (κ3) is 2.74. The first-order valence-electron chi connectivity index (χ1n) is 5.82. The van der Waals surface area contributed by atoms with Crippen LogP contribution < -0.4 is 11.3 Å². The number of halogens is 1. The number of methoxy groups -OCH3 is 1. The van der Waals surface area contributed by atoms with Gasteiger partial charge in [0.2, 0.25) is 0 Å². The molecule has 0 amide bonds. The summed E-state index contributed by atoms with van der Waals surface area (Å²) in [5.74, 6) is 0. The normalized spacial score (nSPS) is 10.9. The minimum absolute atomic E-state index is 0.183. The standard InChI is InChI=1S/C13H16BrN3O2/c1-16-11(8-19-2)12(15)13(18)17(16)7-9-3-5-10(14)6-4-9/h3-6H,7-8,15H2,1-2H3. The van der Waals surface area contributed by atoms with Crippen molar-refractivity contribution in [3.8, 4) is 0 Å². The summed E-state index contributed by atoms with van der Waals surface area (Å²) < 4.78 is 9.43. The van der Waals surface area contributed by atoms with Gasteiger partial charge in [0.15, 0.2) is 0 Å². The lowest BCUT2D eigenvalue weighted by atomic mass is 10.2. The molecule has 0 aliphatic carbocycles. The van der Waals surface area contributed by atoms with E-state index in [1.165, 1.54) is 0 Å². The van der Waals surface area contributed by atoms with E-state index in [-0.39, 0.29) is 11.2 Å². The van der Waals surface area contributed by atoms with Gasteiger partial charge in [0.1, 0.15) is 5.69 Å². The molecule has 0 aliphatic rings. The molecule has 0 radical (unpaired) electrons. The molecular weight excluding hydrogens is 310 g/mol. The predicted octanol–water partition coefficient (Wildman–Crippen LogP) is 1.73. The Hall–Kier alpha value is -1.53. The van der Waals surface area contributed by atoms with Gasteiger partial charge in [-0.2, -0.15) is 0 Å². The van der Waals surface area contributed by atoms with Gasteiger partial charge < -0.3 is 10.5 Å². The molecule has 0 bridgehead atoms. The number of anilines is 1. The maximum atomic E-state index is 12.1. The quantitative estimate of drug-likeness (QED) is 0.931. The van der Waals surface area contributed by atoms with Gasteiger partial charge in [-0.15, -0.1) is 0 Å². The summed E-state index contributed by atoms with van der Waals surface area (Å²) in [6.07, 6.45) is 0. The largest absolute Gasteiger partial charge is 0.393 e. The average molecular weight is 326 g/mol. The molecule has 0 fully saturated rings. The van der Waals surface area contributed by atoms with E-state index in [9.17, 15) is 4.79 Å². The molecule has 0 saturated heterocycles. The van der Waals surface area contributed by atoms with Gasteiger partial charge in [-0.25, -0.2) is 4.68 Å². The highest BCUT2D eigenvalue weighted by molar-refractivity contribution is 9.10. The van der Waals surface area contributed by atoms with Crippen molar-refractivity contribution in [1.29, 1.82) is 0 Å². The highest BCUT2D eigenvalue weighted by atomic mass is 79.9. The molecule has 19 heavy (non-hydrogen) atoms. The molecule has 2 rings (SSSR count). The number of hydrogen-bond acceptors (Lipinski definition) is 3. The summed E-state index contributed by atoms with van der Waals surface area (Å²) in [6, 6.07) is 7.83. The number of nitrogens with two attached hydrogens (primary N) is 1. The van der Waals surface area contributed by atoms with Crippen LogP contribution in [0.2, 0.25) is 0 Å². The summed E-state index contributed by atoms with van der Waals surface area (Å²) >= 11 is 3.39. The summed E-state index contributed by atoms with van der Waals surface area (Å²) in [7, 11) is 3.39. The monoisotopic (exact) mass is 325 g/mol. The van der Waals surface area contributed by atoms with Gasteiger partial charge >= 0.3 is 0 Å². The Morgan fingerprint density at radius 1 is 1.32 bits per heavy atom. The Morgan fingerprint density at radius 3 is 2.53 bits per heavy atom. The molecule has 6 heteroatoms. The van der Waals surface area contributed by atoms with Crippen molar-refractivity contribution in [3.05, 3.63) is 50.3 Å². The zero-order chi connectivity index (χ0) is 14.0. The molecule has 1 heterocycles. The molecule has 0 spiro atoms. The molecule has 102 valence electrons. The third-order valence-electron chi connectivity index (χ3n) is 3.06. The van der Waals surface area contributed by atoms with E-state index < -0.39 is 0 Å². The zero-order valence-corrected chi connectivity index (χ0v) is 12.5. The number of nitrogen functional groups attached to an aromatic ring is 1. The van der Waals surface area contributed by atoms with E-state index in [0.29, 0.717) is 18.8 Å². The van der Waals surface area contributed by atoms with Crippen LogP contribution in [0.3, 0.4) is 0 Å². The molecule has 0 atom stereocenters. The highest BCUT2D eigenvalue weighted by Crippen LogP contribution is 2.13. The van der Waals surface area contributed by atoms with E-state index in [0.717, 1.165) is 10.0 Å². The number of nitrogens with zero attached hydrogens (tertiary/aromatic N) is 2. The van der Waals surface area contributed by atoms with Crippen LogP contribution in [0.25, 0.3) is 0 Å². The summed E-state index contributed by atoms with van der Waals surface area (Å²) in [5.41, 5.74) is 7.63. The van der Waals surface area contributed by atoms with Crippen LogP contribution in [0.1, 0.15) is 11.3 Å². The summed E-state index contributed by atoms with van der Waals surface area (Å²) in [6.45, 7) is 0.807. The lowest BCUT2D eigenvalue weighted by Gasteiger charge is -2.09. The minimum Gasteiger partial charge on any atom is -0.393 e. The van der Waals surface area contributed by atoms with Gasteiger partial charge in [-0.05, 0) is 17.7 Å². The van der Waals surface area contributed by atoms with Crippen molar-refractivity contribution in [1.82, 2.24) is 9.36 Å². The fourth-order valence-corrected chi connectivity index (χ4v) is 2.23. The molecular formula is C13H16BrN3O2. The molecule has 2 N–H and O–H groups in total. The summed E-state index contributed by atoms with van der Waals surface area (Å²) in [4.78, 5) is 12.1. The van der Waals surface area contributed by atoms with E-state index in [1.54, 1.807) is 16.5 Å². The van der Waals surface area contributed by atoms with Crippen LogP contribution in [0.15, 0.2) is 33.5 Å². The second-order valence-electron chi connectivity index (χ2n) is 4.31. The maximum absolute atomic E-state index is 12.1. The van der Waals surface area contributed by atoms with E-state index >= 15 is 0 Å².